The number of terminal acetylenes is 1. The molecule has 3 aliphatic heterocycles. The van der Waals surface area contributed by atoms with Crippen molar-refractivity contribution in [2.24, 2.45) is 0 Å². The number of fused-ring (bicyclic) bond motifs is 1. The second kappa shape index (κ2) is 10.6. The van der Waals surface area contributed by atoms with Gasteiger partial charge in [0.2, 0.25) is 11.8 Å². The van der Waals surface area contributed by atoms with E-state index in [4.69, 9.17) is 11.2 Å². The first-order chi connectivity index (χ1) is 17.9. The number of unbranched alkanes of at least 4 members (excludes halogenated alkanes) is 1. The van der Waals surface area contributed by atoms with E-state index in [1.807, 2.05) is 10.9 Å². The average molecular weight is 504 g/mol. The Hall–Kier alpha value is -3.97. The summed E-state index contributed by atoms with van der Waals surface area (Å²) in [6.07, 6.45) is 12.8. The Morgan fingerprint density at radius 1 is 1.05 bits per heavy atom. The van der Waals surface area contributed by atoms with Crippen LogP contribution in [0.5, 0.6) is 5.75 Å². The molecule has 1 aromatic carbocycles. The van der Waals surface area contributed by atoms with Crippen molar-refractivity contribution in [1.29, 1.82) is 0 Å². The summed E-state index contributed by atoms with van der Waals surface area (Å²) in [6.45, 7) is 3.60. The number of ether oxygens (including phenoxy) is 1. The molecule has 2 fully saturated rings. The van der Waals surface area contributed by atoms with Gasteiger partial charge in [0.25, 0.3) is 11.8 Å². The van der Waals surface area contributed by atoms with Crippen LogP contribution in [0.2, 0.25) is 0 Å². The highest BCUT2D eigenvalue weighted by Crippen LogP contribution is 2.34. The molecule has 0 bridgehead atoms. The van der Waals surface area contributed by atoms with Crippen LogP contribution in [-0.2, 0) is 16.1 Å². The molecular formula is C27H29N5O5. The first-order valence-electron chi connectivity index (χ1n) is 12.7. The highest BCUT2D eigenvalue weighted by atomic mass is 16.5. The number of amides is 4. The van der Waals surface area contributed by atoms with Crippen LogP contribution >= 0.6 is 0 Å². The zero-order valence-electron chi connectivity index (χ0n) is 20.5. The van der Waals surface area contributed by atoms with E-state index in [1.165, 1.54) is 0 Å². The number of aromatic nitrogens is 2. The highest BCUT2D eigenvalue weighted by Gasteiger charge is 2.46. The Bertz CT molecular complexity index is 1270. The number of rotatable bonds is 8. The van der Waals surface area contributed by atoms with Crippen LogP contribution in [0.1, 0.15) is 64.8 Å². The molecule has 0 spiro atoms. The fourth-order valence-corrected chi connectivity index (χ4v) is 5.18. The van der Waals surface area contributed by atoms with Gasteiger partial charge >= 0.3 is 0 Å². The number of piperidine rings is 2. The molecule has 10 heteroatoms. The standard InChI is InChI=1S/C27H29N5O5/c1-2-18-16-28-31(17-18)13-4-3-12-30-14-10-19(11-15-30)37-22-7-5-6-20-24(22)27(36)32(26(20)35)21-8-9-23(33)29-25(21)34/h1,5-7,16-17,19,21H,3-4,8-15H2,(H,29,33,34). The van der Waals surface area contributed by atoms with E-state index in [-0.39, 0.29) is 30.1 Å². The van der Waals surface area contributed by atoms with E-state index in [9.17, 15) is 19.2 Å². The molecular weight excluding hydrogens is 474 g/mol. The topological polar surface area (TPSA) is 114 Å². The van der Waals surface area contributed by atoms with Crippen LogP contribution in [0.3, 0.4) is 0 Å². The summed E-state index contributed by atoms with van der Waals surface area (Å²) >= 11 is 0. The smallest absolute Gasteiger partial charge is 0.266 e. The number of imide groups is 2. The van der Waals surface area contributed by atoms with Crippen molar-refractivity contribution >= 4 is 23.6 Å². The molecule has 0 saturated carbocycles. The molecule has 2 aromatic rings. The average Bonchev–Trinajstić information content (AvgIpc) is 3.46. The van der Waals surface area contributed by atoms with Gasteiger partial charge in [-0.05, 0) is 50.8 Å². The molecule has 0 aliphatic carbocycles. The highest BCUT2D eigenvalue weighted by molar-refractivity contribution is 6.24. The molecule has 1 unspecified atom stereocenters. The van der Waals surface area contributed by atoms with Crippen molar-refractivity contribution in [2.75, 3.05) is 19.6 Å². The summed E-state index contributed by atoms with van der Waals surface area (Å²) in [5.41, 5.74) is 1.23. The van der Waals surface area contributed by atoms with Crippen molar-refractivity contribution in [2.45, 2.75) is 57.2 Å². The fourth-order valence-electron chi connectivity index (χ4n) is 5.18. The van der Waals surface area contributed by atoms with E-state index in [2.05, 4.69) is 21.2 Å². The van der Waals surface area contributed by atoms with Gasteiger partial charge in [-0.15, -0.1) is 6.42 Å². The minimum atomic E-state index is -0.992. The predicted octanol–water partition coefficient (Wildman–Crippen LogP) is 1.59. The lowest BCUT2D eigenvalue weighted by molar-refractivity contribution is -0.136. The maximum Gasteiger partial charge on any atom is 0.266 e. The molecule has 5 rings (SSSR count). The Morgan fingerprint density at radius 3 is 2.57 bits per heavy atom. The zero-order valence-corrected chi connectivity index (χ0v) is 20.5. The van der Waals surface area contributed by atoms with Crippen LogP contribution in [0.15, 0.2) is 30.6 Å². The summed E-state index contributed by atoms with van der Waals surface area (Å²) in [7, 11) is 0. The molecule has 1 aromatic heterocycles. The van der Waals surface area contributed by atoms with Crippen molar-refractivity contribution in [3.8, 4) is 18.1 Å². The van der Waals surface area contributed by atoms with Crippen molar-refractivity contribution in [1.82, 2.24) is 24.9 Å². The number of benzene rings is 1. The summed E-state index contributed by atoms with van der Waals surface area (Å²) < 4.78 is 8.11. The Balaban J connectivity index is 1.14. The van der Waals surface area contributed by atoms with Gasteiger partial charge in [0.15, 0.2) is 0 Å². The zero-order chi connectivity index (χ0) is 25.9. The minimum absolute atomic E-state index is 0.0680. The van der Waals surface area contributed by atoms with E-state index >= 15 is 0 Å². The molecule has 0 radical (unpaired) electrons. The van der Waals surface area contributed by atoms with Crippen molar-refractivity contribution in [3.05, 3.63) is 47.3 Å². The number of carbonyl (C=O) groups excluding carboxylic acids is 4. The maximum atomic E-state index is 13.3. The number of likely N-dealkylation sites (tertiary alicyclic amines) is 1. The number of nitrogens with one attached hydrogen (secondary N) is 1. The molecule has 3 aliphatic rings. The van der Waals surface area contributed by atoms with Crippen molar-refractivity contribution < 1.29 is 23.9 Å². The summed E-state index contributed by atoms with van der Waals surface area (Å²) in [5.74, 6) is 0.856. The lowest BCUT2D eigenvalue weighted by Gasteiger charge is -2.32. The van der Waals surface area contributed by atoms with Gasteiger partial charge < -0.3 is 9.64 Å². The summed E-state index contributed by atoms with van der Waals surface area (Å²) in [4.78, 5) is 53.5. The van der Waals surface area contributed by atoms with Gasteiger partial charge in [-0.2, -0.15) is 5.10 Å². The second-order valence-electron chi connectivity index (χ2n) is 9.63. The Labute approximate surface area is 214 Å². The largest absolute Gasteiger partial charge is 0.489 e. The van der Waals surface area contributed by atoms with Crippen molar-refractivity contribution in [3.63, 3.8) is 0 Å². The molecule has 192 valence electrons. The third-order valence-electron chi connectivity index (χ3n) is 7.17. The minimum Gasteiger partial charge on any atom is -0.489 e. The van der Waals surface area contributed by atoms with Gasteiger partial charge in [-0.1, -0.05) is 12.0 Å². The van der Waals surface area contributed by atoms with Gasteiger partial charge in [0, 0.05) is 32.3 Å². The van der Waals surface area contributed by atoms with Gasteiger partial charge in [0.1, 0.15) is 17.9 Å². The lowest BCUT2D eigenvalue weighted by Crippen LogP contribution is -2.54. The predicted molar refractivity (Wildman–Crippen MR) is 133 cm³/mol. The number of nitrogens with zero attached hydrogens (tertiary/aromatic N) is 4. The van der Waals surface area contributed by atoms with Crippen LogP contribution in [-0.4, -0.2) is 75.0 Å². The fraction of sp³-hybridized carbons (Fsp3) is 0.444. The SMILES string of the molecule is C#Cc1cnn(CCCCN2CCC(Oc3cccc4c3C(=O)N(C3CCC(=O)NC3=O)C4=O)CC2)c1. The quantitative estimate of drug-likeness (QED) is 0.331. The Kier molecular flexibility index (Phi) is 7.06. The van der Waals surface area contributed by atoms with Crippen LogP contribution in [0.4, 0.5) is 0 Å². The van der Waals surface area contributed by atoms with E-state index in [1.54, 1.807) is 24.4 Å². The van der Waals surface area contributed by atoms with Gasteiger partial charge in [-0.3, -0.25) is 34.1 Å². The van der Waals surface area contributed by atoms with E-state index in [0.717, 1.165) is 62.3 Å². The molecule has 1 atom stereocenters. The lowest BCUT2D eigenvalue weighted by atomic mass is 10.0. The van der Waals surface area contributed by atoms with E-state index in [0.29, 0.717) is 5.75 Å². The second-order valence-corrected chi connectivity index (χ2v) is 9.63. The third-order valence-corrected chi connectivity index (χ3v) is 7.17. The maximum absolute atomic E-state index is 13.3. The summed E-state index contributed by atoms with van der Waals surface area (Å²) in [5, 5.41) is 6.47. The molecule has 10 nitrogen and oxygen atoms in total. The van der Waals surface area contributed by atoms with Crippen LogP contribution in [0, 0.1) is 12.3 Å². The molecule has 1 N–H and O–H groups in total. The molecule has 37 heavy (non-hydrogen) atoms. The van der Waals surface area contributed by atoms with Crippen LogP contribution < -0.4 is 10.1 Å². The first-order valence-corrected chi connectivity index (χ1v) is 12.7. The summed E-state index contributed by atoms with van der Waals surface area (Å²) in [6, 6.07) is 3.97. The van der Waals surface area contributed by atoms with Gasteiger partial charge in [-0.25, -0.2) is 0 Å². The normalized spacial score (nSPS) is 20.6. The van der Waals surface area contributed by atoms with Crippen LogP contribution in [0.25, 0.3) is 0 Å². The van der Waals surface area contributed by atoms with E-state index < -0.39 is 29.7 Å². The molecule has 2 saturated heterocycles. The van der Waals surface area contributed by atoms with Gasteiger partial charge in [0.05, 0.1) is 22.9 Å². The number of hydrogen-bond donors (Lipinski definition) is 1. The molecule has 4 heterocycles. The number of hydrogen-bond acceptors (Lipinski definition) is 7. The number of aryl methyl sites for hydroxylation is 1. The Morgan fingerprint density at radius 2 is 1.84 bits per heavy atom. The number of carbonyl (C=O) groups is 4. The third kappa shape index (κ3) is 5.13. The molecule has 4 amide bonds. The first kappa shape index (κ1) is 24.7. The monoisotopic (exact) mass is 503 g/mol.